The Balaban J connectivity index is 1.66. The van der Waals surface area contributed by atoms with Crippen molar-refractivity contribution < 1.29 is 19.5 Å². The summed E-state index contributed by atoms with van der Waals surface area (Å²) in [6.07, 6.45) is 1.59. The summed E-state index contributed by atoms with van der Waals surface area (Å²) in [5, 5.41) is 17.1. The van der Waals surface area contributed by atoms with Crippen LogP contribution in [-0.4, -0.2) is 45.9 Å². The number of aromatic hydroxyl groups is 1. The Bertz CT molecular complexity index is 910. The molecule has 0 bridgehead atoms. The maximum Gasteiger partial charge on any atom is 0.309 e. The second-order valence-corrected chi connectivity index (χ2v) is 8.54. The lowest BCUT2D eigenvalue weighted by molar-refractivity contribution is -0.930. The first-order valence-corrected chi connectivity index (χ1v) is 10.3. The number of methoxy groups -OCH3 is 1. The van der Waals surface area contributed by atoms with Crippen molar-refractivity contribution in [2.45, 2.75) is 25.8 Å². The SMILES string of the molecule is COC(=O)C1CC[NH+]([C@@H](c2cccs2)c2sc3nc(C)nn3c2O)CC1. The first kappa shape index (κ1) is 17.4. The Labute approximate surface area is 158 Å². The van der Waals surface area contributed by atoms with Crippen LogP contribution in [0.4, 0.5) is 0 Å². The lowest BCUT2D eigenvalue weighted by Gasteiger charge is -2.33. The molecule has 138 valence electrons. The van der Waals surface area contributed by atoms with E-state index in [0.29, 0.717) is 10.8 Å². The van der Waals surface area contributed by atoms with E-state index in [4.69, 9.17) is 4.74 Å². The van der Waals surface area contributed by atoms with Crippen molar-refractivity contribution >= 4 is 33.6 Å². The van der Waals surface area contributed by atoms with Crippen molar-refractivity contribution in [2.75, 3.05) is 20.2 Å². The highest BCUT2D eigenvalue weighted by atomic mass is 32.1. The molecule has 4 heterocycles. The molecule has 7 nitrogen and oxygen atoms in total. The van der Waals surface area contributed by atoms with E-state index >= 15 is 0 Å². The second kappa shape index (κ2) is 6.98. The Hall–Kier alpha value is -1.97. The summed E-state index contributed by atoms with van der Waals surface area (Å²) in [4.78, 5) is 20.4. The van der Waals surface area contributed by atoms with Gasteiger partial charge in [-0.25, -0.2) is 4.98 Å². The van der Waals surface area contributed by atoms with Gasteiger partial charge in [0.2, 0.25) is 10.8 Å². The molecule has 1 atom stereocenters. The molecule has 0 aromatic carbocycles. The highest BCUT2D eigenvalue weighted by molar-refractivity contribution is 7.17. The van der Waals surface area contributed by atoms with E-state index in [1.165, 1.54) is 32.7 Å². The average Bonchev–Trinajstić information content (AvgIpc) is 3.35. The molecule has 26 heavy (non-hydrogen) atoms. The van der Waals surface area contributed by atoms with Crippen molar-refractivity contribution in [3.63, 3.8) is 0 Å². The molecule has 3 aromatic rings. The van der Waals surface area contributed by atoms with E-state index in [0.717, 1.165) is 30.8 Å². The highest BCUT2D eigenvalue weighted by Crippen LogP contribution is 2.36. The largest absolute Gasteiger partial charge is 0.492 e. The number of hydrogen-bond donors (Lipinski definition) is 2. The number of nitrogens with one attached hydrogen (secondary N) is 1. The number of aryl methyl sites for hydroxylation is 1. The fraction of sp³-hybridized carbons (Fsp3) is 0.471. The van der Waals surface area contributed by atoms with Gasteiger partial charge in [0.15, 0.2) is 6.04 Å². The lowest BCUT2D eigenvalue weighted by atomic mass is 9.95. The van der Waals surface area contributed by atoms with Gasteiger partial charge in [0.1, 0.15) is 10.7 Å². The van der Waals surface area contributed by atoms with Crippen molar-refractivity contribution in [1.82, 2.24) is 14.6 Å². The molecule has 0 saturated carbocycles. The Kier molecular flexibility index (Phi) is 4.68. The molecule has 1 aliphatic rings. The van der Waals surface area contributed by atoms with Gasteiger partial charge in [0.05, 0.1) is 31.0 Å². The maximum atomic E-state index is 11.8. The molecule has 9 heteroatoms. The predicted octanol–water partition coefficient (Wildman–Crippen LogP) is 1.42. The monoisotopic (exact) mass is 393 g/mol. The first-order valence-electron chi connectivity index (χ1n) is 8.59. The molecule has 1 fully saturated rings. The van der Waals surface area contributed by atoms with Gasteiger partial charge in [-0.05, 0) is 18.4 Å². The van der Waals surface area contributed by atoms with Crippen LogP contribution < -0.4 is 4.90 Å². The van der Waals surface area contributed by atoms with Crippen LogP contribution in [0, 0.1) is 12.8 Å². The predicted molar refractivity (Wildman–Crippen MR) is 98.9 cm³/mol. The van der Waals surface area contributed by atoms with Crippen LogP contribution in [-0.2, 0) is 9.53 Å². The Morgan fingerprint density at radius 1 is 1.46 bits per heavy atom. The minimum atomic E-state index is -0.117. The number of hydrogen-bond acceptors (Lipinski definition) is 7. The lowest BCUT2D eigenvalue weighted by Crippen LogP contribution is -3.13. The molecule has 0 radical (unpaired) electrons. The Morgan fingerprint density at radius 2 is 2.23 bits per heavy atom. The zero-order valence-electron chi connectivity index (χ0n) is 14.6. The molecule has 3 aromatic heterocycles. The first-order chi connectivity index (χ1) is 12.6. The molecule has 0 aliphatic carbocycles. The van der Waals surface area contributed by atoms with Crippen LogP contribution in [0.1, 0.15) is 34.5 Å². The number of likely N-dealkylation sites (tertiary alicyclic amines) is 1. The number of quaternary nitrogens is 1. The molecule has 1 aliphatic heterocycles. The minimum Gasteiger partial charge on any atom is -0.492 e. The van der Waals surface area contributed by atoms with Crippen LogP contribution in [0.15, 0.2) is 17.5 Å². The molecule has 0 spiro atoms. The van der Waals surface area contributed by atoms with E-state index in [1.54, 1.807) is 11.3 Å². The van der Waals surface area contributed by atoms with Crippen LogP contribution in [0.25, 0.3) is 4.96 Å². The van der Waals surface area contributed by atoms with E-state index in [1.807, 2.05) is 13.0 Å². The molecular weight excluding hydrogens is 372 g/mol. The van der Waals surface area contributed by atoms with Gasteiger partial charge in [-0.15, -0.1) is 16.4 Å². The number of piperidine rings is 1. The van der Waals surface area contributed by atoms with Gasteiger partial charge in [-0.2, -0.15) is 4.52 Å². The molecule has 1 saturated heterocycles. The van der Waals surface area contributed by atoms with Gasteiger partial charge < -0.3 is 14.7 Å². The van der Waals surface area contributed by atoms with Gasteiger partial charge in [0.25, 0.3) is 0 Å². The summed E-state index contributed by atoms with van der Waals surface area (Å²) < 4.78 is 6.42. The van der Waals surface area contributed by atoms with Gasteiger partial charge in [-0.3, -0.25) is 4.79 Å². The zero-order chi connectivity index (χ0) is 18.3. The molecule has 4 rings (SSSR count). The topological polar surface area (TPSA) is 81.2 Å². The Morgan fingerprint density at radius 3 is 2.85 bits per heavy atom. The smallest absolute Gasteiger partial charge is 0.309 e. The number of carbonyl (C=O) groups is 1. The third kappa shape index (κ3) is 3.00. The number of carbonyl (C=O) groups excluding carboxylic acids is 1. The summed E-state index contributed by atoms with van der Waals surface area (Å²) in [5.74, 6) is 0.684. The van der Waals surface area contributed by atoms with Gasteiger partial charge >= 0.3 is 5.97 Å². The van der Waals surface area contributed by atoms with Crippen molar-refractivity contribution in [2.24, 2.45) is 5.92 Å². The number of rotatable bonds is 4. The van der Waals surface area contributed by atoms with Crippen LogP contribution in [0.3, 0.4) is 0 Å². The van der Waals surface area contributed by atoms with Crippen molar-refractivity contribution in [3.8, 4) is 5.88 Å². The summed E-state index contributed by atoms with van der Waals surface area (Å²) in [6.45, 7) is 3.53. The van der Waals surface area contributed by atoms with Crippen LogP contribution in [0.2, 0.25) is 0 Å². The van der Waals surface area contributed by atoms with Crippen molar-refractivity contribution in [3.05, 3.63) is 33.1 Å². The van der Waals surface area contributed by atoms with Crippen LogP contribution in [0.5, 0.6) is 5.88 Å². The molecular formula is C17H21N4O3S2+. The third-order valence-corrected chi connectivity index (χ3v) is 6.99. The van der Waals surface area contributed by atoms with E-state index in [-0.39, 0.29) is 23.8 Å². The number of aromatic nitrogens is 3. The maximum absolute atomic E-state index is 11.8. The number of nitrogens with zero attached hydrogens (tertiary/aromatic N) is 3. The van der Waals surface area contributed by atoms with E-state index in [2.05, 4.69) is 21.5 Å². The van der Waals surface area contributed by atoms with E-state index < -0.39 is 0 Å². The number of esters is 1. The standard InChI is InChI=1S/C17H20N4O3S2/c1-10-18-17-21(19-10)15(22)14(26-17)13(12-4-3-9-25-12)20-7-5-11(6-8-20)16(23)24-2/h3-4,9,11,13,22H,5-8H2,1-2H3/p+1/t13-/m0/s1. The van der Waals surface area contributed by atoms with Gasteiger partial charge in [0, 0.05) is 12.8 Å². The number of thiophene rings is 1. The zero-order valence-corrected chi connectivity index (χ0v) is 16.3. The van der Waals surface area contributed by atoms with E-state index in [9.17, 15) is 9.90 Å². The second-order valence-electron chi connectivity index (χ2n) is 6.55. The highest BCUT2D eigenvalue weighted by Gasteiger charge is 2.37. The third-order valence-electron chi connectivity index (χ3n) is 4.97. The summed E-state index contributed by atoms with van der Waals surface area (Å²) in [5.41, 5.74) is 0. The quantitative estimate of drug-likeness (QED) is 0.656. The fourth-order valence-electron chi connectivity index (χ4n) is 3.69. The van der Waals surface area contributed by atoms with Gasteiger partial charge in [-0.1, -0.05) is 17.4 Å². The number of ether oxygens (including phenoxy) is 1. The summed E-state index contributed by atoms with van der Waals surface area (Å²) >= 11 is 3.18. The fourth-order valence-corrected chi connectivity index (χ4v) is 5.83. The number of fused-ring (bicyclic) bond motifs is 1. The summed E-state index contributed by atoms with van der Waals surface area (Å²) in [7, 11) is 1.45. The minimum absolute atomic E-state index is 0.0219. The molecule has 0 amide bonds. The summed E-state index contributed by atoms with van der Waals surface area (Å²) in [6, 6.07) is 4.17. The van der Waals surface area contributed by atoms with Crippen molar-refractivity contribution in [1.29, 1.82) is 0 Å². The molecule has 2 N–H and O–H groups in total. The normalized spacial score (nSPS) is 21.8. The average molecular weight is 394 g/mol. The number of thiazole rings is 1. The van der Waals surface area contributed by atoms with Crippen LogP contribution >= 0.6 is 22.7 Å². The molecule has 0 unspecified atom stereocenters.